The molecule has 13 nitrogen and oxygen atoms in total. The van der Waals surface area contributed by atoms with Gasteiger partial charge in [-0.25, -0.2) is 5.01 Å². The molecular weight excluding hydrogens is 630 g/mol. The first-order valence-electron chi connectivity index (χ1n) is 17.0. The molecule has 2 aromatic carbocycles. The molecule has 4 amide bonds. The zero-order valence-electron chi connectivity index (χ0n) is 27.3. The lowest BCUT2D eigenvalue weighted by atomic mass is 9.82. The highest BCUT2D eigenvalue weighted by Crippen LogP contribution is 2.38. The summed E-state index contributed by atoms with van der Waals surface area (Å²) in [7, 11) is 0. The number of imide groups is 1. The number of ether oxygens (including phenoxy) is 2. The number of ketones is 2. The number of nitrogens with one attached hydrogen (secondary N) is 2. The molecule has 258 valence electrons. The number of benzene rings is 2. The molecule has 0 bridgehead atoms. The minimum Gasteiger partial charge on any atom is -0.382 e. The Kier molecular flexibility index (Phi) is 10.9. The topological polar surface area (TPSA) is 164 Å². The smallest absolute Gasteiger partial charge is 0.246 e. The van der Waals surface area contributed by atoms with Gasteiger partial charge in [-0.2, -0.15) is 5.10 Å². The van der Waals surface area contributed by atoms with Crippen molar-refractivity contribution >= 4 is 47.1 Å². The summed E-state index contributed by atoms with van der Waals surface area (Å²) in [5, 5.41) is 11.4. The van der Waals surface area contributed by atoms with Crippen LogP contribution in [-0.2, 0) is 28.7 Å². The van der Waals surface area contributed by atoms with Crippen LogP contribution < -0.4 is 10.6 Å². The van der Waals surface area contributed by atoms with Gasteiger partial charge in [-0.05, 0) is 30.9 Å². The number of hydrogen-bond donors (Lipinski definition) is 2. The zero-order valence-corrected chi connectivity index (χ0v) is 27.3. The van der Waals surface area contributed by atoms with Crippen molar-refractivity contribution in [3.8, 4) is 0 Å². The Labute approximate surface area is 284 Å². The van der Waals surface area contributed by atoms with Gasteiger partial charge < -0.3 is 19.7 Å². The molecule has 2 saturated heterocycles. The van der Waals surface area contributed by atoms with E-state index in [0.717, 1.165) is 5.56 Å². The van der Waals surface area contributed by atoms with Crippen molar-refractivity contribution in [1.82, 2.24) is 15.2 Å². The van der Waals surface area contributed by atoms with Crippen LogP contribution in [0.5, 0.6) is 0 Å². The number of piperidine rings is 2. The van der Waals surface area contributed by atoms with Gasteiger partial charge in [0, 0.05) is 55.9 Å². The van der Waals surface area contributed by atoms with Crippen molar-refractivity contribution in [2.75, 3.05) is 51.4 Å². The number of amides is 4. The summed E-state index contributed by atoms with van der Waals surface area (Å²) in [5.74, 6) is -3.90. The fraction of sp³-hybridized carbons (Fsp3) is 0.472. The largest absolute Gasteiger partial charge is 0.382 e. The molecule has 3 unspecified atom stereocenters. The Morgan fingerprint density at radius 3 is 2.39 bits per heavy atom. The minimum absolute atomic E-state index is 0.000591. The second kappa shape index (κ2) is 15.6. The molecule has 0 spiro atoms. The molecular formula is C36H41N5O8. The average Bonchev–Trinajstić information content (AvgIpc) is 3.71. The number of hydrogen-bond acceptors (Lipinski definition) is 10. The number of anilines is 1. The third-order valence-corrected chi connectivity index (χ3v) is 9.66. The van der Waals surface area contributed by atoms with Gasteiger partial charge in [-0.3, -0.25) is 34.1 Å². The van der Waals surface area contributed by atoms with Crippen LogP contribution in [0.15, 0.2) is 53.6 Å². The lowest BCUT2D eigenvalue weighted by Gasteiger charge is -2.34. The van der Waals surface area contributed by atoms with Crippen molar-refractivity contribution in [2.45, 2.75) is 44.6 Å². The number of likely N-dealkylation sites (tertiary alicyclic amines) is 1. The molecule has 6 rings (SSSR count). The molecule has 0 aromatic heterocycles. The van der Waals surface area contributed by atoms with E-state index in [9.17, 15) is 28.8 Å². The predicted octanol–water partition coefficient (Wildman–Crippen LogP) is 2.77. The molecule has 2 aromatic rings. The zero-order chi connectivity index (χ0) is 34.3. The van der Waals surface area contributed by atoms with Gasteiger partial charge in [0.1, 0.15) is 0 Å². The first kappa shape index (κ1) is 34.1. The van der Waals surface area contributed by atoms with Gasteiger partial charge in [0.25, 0.3) is 0 Å². The van der Waals surface area contributed by atoms with E-state index in [1.807, 2.05) is 30.3 Å². The highest BCUT2D eigenvalue weighted by molar-refractivity contribution is 6.30. The van der Waals surface area contributed by atoms with Crippen molar-refractivity contribution in [2.24, 2.45) is 22.9 Å². The number of hydrazone groups is 1. The molecule has 1 aliphatic carbocycles. The Balaban J connectivity index is 0.848. The van der Waals surface area contributed by atoms with Gasteiger partial charge in [0.2, 0.25) is 23.6 Å². The standard InChI is InChI=1S/C36H41N5O8/c42-29-10-9-26(35(46)39-29)32-33(44)25-7-4-8-27(31(25)34(32)45)37-16-20-49-22-21-48-19-14-30(43)40-17-12-24(13-18-40)36(47)41-28(11-15-38-41)23-5-2-1-3-6-23/h1-8,15,24,26,28,32,37H,9-14,16-22H2,(H,39,42,46). The Hall–Kier alpha value is -4.75. The first-order valence-corrected chi connectivity index (χ1v) is 17.0. The number of carbonyl (C=O) groups excluding carboxylic acids is 6. The molecule has 3 aliphatic heterocycles. The van der Waals surface area contributed by atoms with E-state index in [0.29, 0.717) is 64.4 Å². The van der Waals surface area contributed by atoms with Gasteiger partial charge in [-0.1, -0.05) is 42.5 Å². The van der Waals surface area contributed by atoms with Crippen molar-refractivity contribution in [3.63, 3.8) is 0 Å². The van der Waals surface area contributed by atoms with Crippen molar-refractivity contribution in [1.29, 1.82) is 0 Å². The minimum atomic E-state index is -1.12. The highest BCUT2D eigenvalue weighted by Gasteiger charge is 2.48. The normalized spacial score (nSPS) is 22.4. The summed E-state index contributed by atoms with van der Waals surface area (Å²) >= 11 is 0. The second-order valence-electron chi connectivity index (χ2n) is 12.7. The summed E-state index contributed by atoms with van der Waals surface area (Å²) in [6.07, 6.45) is 4.22. The van der Waals surface area contributed by atoms with Crippen LogP contribution in [0.1, 0.15) is 70.8 Å². The molecule has 3 atom stereocenters. The maximum atomic E-state index is 13.3. The van der Waals surface area contributed by atoms with E-state index in [4.69, 9.17) is 9.47 Å². The SMILES string of the molecule is O=C1CCC(C2C(=O)c3cccc(NCCOCCOCCC(=O)N4CCC(C(=O)N5N=CCC5c5ccccc5)CC4)c3C2=O)C(=O)N1. The fourth-order valence-electron chi connectivity index (χ4n) is 7.04. The van der Waals surface area contributed by atoms with E-state index >= 15 is 0 Å². The maximum Gasteiger partial charge on any atom is 0.246 e. The summed E-state index contributed by atoms with van der Waals surface area (Å²) in [6, 6.07) is 14.8. The van der Waals surface area contributed by atoms with Crippen LogP contribution in [-0.4, -0.2) is 97.4 Å². The Morgan fingerprint density at radius 2 is 1.63 bits per heavy atom. The van der Waals surface area contributed by atoms with E-state index in [2.05, 4.69) is 15.7 Å². The molecule has 49 heavy (non-hydrogen) atoms. The quantitative estimate of drug-likeness (QED) is 0.185. The number of rotatable bonds is 13. The number of Topliss-reactive ketones (excluding diaryl/α,β-unsaturated/α-hetero) is 2. The monoisotopic (exact) mass is 671 g/mol. The summed E-state index contributed by atoms with van der Waals surface area (Å²) in [6.45, 7) is 2.63. The molecule has 2 N–H and O–H groups in total. The lowest BCUT2D eigenvalue weighted by Crippen LogP contribution is -2.46. The number of nitrogens with zero attached hydrogens (tertiary/aromatic N) is 3. The number of fused-ring (bicyclic) bond motifs is 1. The van der Waals surface area contributed by atoms with Gasteiger partial charge in [-0.15, -0.1) is 0 Å². The van der Waals surface area contributed by atoms with Crippen molar-refractivity contribution in [3.05, 3.63) is 65.2 Å². The average molecular weight is 672 g/mol. The lowest BCUT2D eigenvalue weighted by molar-refractivity contribution is -0.142. The fourth-order valence-corrected chi connectivity index (χ4v) is 7.04. The molecule has 13 heteroatoms. The highest BCUT2D eigenvalue weighted by atomic mass is 16.5. The van der Waals surface area contributed by atoms with Crippen LogP contribution in [0.25, 0.3) is 0 Å². The van der Waals surface area contributed by atoms with Crippen LogP contribution in [0.4, 0.5) is 5.69 Å². The van der Waals surface area contributed by atoms with Crippen LogP contribution >= 0.6 is 0 Å². The predicted molar refractivity (Wildman–Crippen MR) is 178 cm³/mol. The third kappa shape index (κ3) is 7.62. The summed E-state index contributed by atoms with van der Waals surface area (Å²) in [4.78, 5) is 78.0. The Bertz CT molecular complexity index is 1620. The van der Waals surface area contributed by atoms with Crippen LogP contribution in [0.3, 0.4) is 0 Å². The summed E-state index contributed by atoms with van der Waals surface area (Å²) < 4.78 is 11.2. The van der Waals surface area contributed by atoms with E-state index in [1.165, 1.54) is 0 Å². The van der Waals surface area contributed by atoms with Gasteiger partial charge in [0.05, 0.1) is 56.3 Å². The van der Waals surface area contributed by atoms with E-state index in [-0.39, 0.29) is 60.8 Å². The molecule has 0 saturated carbocycles. The molecule has 3 heterocycles. The number of carbonyl (C=O) groups is 6. The van der Waals surface area contributed by atoms with Gasteiger partial charge >= 0.3 is 0 Å². The van der Waals surface area contributed by atoms with Crippen LogP contribution in [0.2, 0.25) is 0 Å². The first-order chi connectivity index (χ1) is 23.8. The third-order valence-electron chi connectivity index (χ3n) is 9.66. The second-order valence-corrected chi connectivity index (χ2v) is 12.7. The van der Waals surface area contributed by atoms with E-state index in [1.54, 1.807) is 34.3 Å². The summed E-state index contributed by atoms with van der Waals surface area (Å²) in [5.41, 5.74) is 2.11. The molecule has 2 fully saturated rings. The Morgan fingerprint density at radius 1 is 0.878 bits per heavy atom. The molecule has 0 radical (unpaired) electrons. The van der Waals surface area contributed by atoms with E-state index < -0.39 is 35.2 Å². The maximum absolute atomic E-state index is 13.3. The molecule has 4 aliphatic rings. The van der Waals surface area contributed by atoms with Crippen LogP contribution in [0, 0.1) is 17.8 Å². The van der Waals surface area contributed by atoms with Gasteiger partial charge in [0.15, 0.2) is 11.6 Å². The van der Waals surface area contributed by atoms with Crippen molar-refractivity contribution < 1.29 is 38.2 Å².